The minimum Gasteiger partial charge on any atom is -0.484 e. The van der Waals surface area contributed by atoms with Crippen LogP contribution in [0.25, 0.3) is 0 Å². The lowest BCUT2D eigenvalue weighted by atomic mass is 10.3. The van der Waals surface area contributed by atoms with E-state index in [9.17, 15) is 13.2 Å². The van der Waals surface area contributed by atoms with E-state index in [-0.39, 0.29) is 17.4 Å². The van der Waals surface area contributed by atoms with E-state index in [1.807, 2.05) is 0 Å². The van der Waals surface area contributed by atoms with Gasteiger partial charge in [-0.1, -0.05) is 13.8 Å². The standard InChI is InChI=1S/C13H20N2O4S/c1-4-15(5-2)20(17,18)12-8-6-11(7-9-12)19-10-13(16)14-3/h6-9H,4-5,10H2,1-3H3,(H,14,16). The average Bonchev–Trinajstić information content (AvgIpc) is 2.46. The molecule has 112 valence electrons. The molecular formula is C13H20N2O4S. The average molecular weight is 300 g/mol. The zero-order valence-corrected chi connectivity index (χ0v) is 12.7. The van der Waals surface area contributed by atoms with E-state index in [1.54, 1.807) is 26.0 Å². The summed E-state index contributed by atoms with van der Waals surface area (Å²) in [5.74, 6) is 0.205. The van der Waals surface area contributed by atoms with Crippen LogP contribution in [-0.4, -0.2) is 45.4 Å². The molecular weight excluding hydrogens is 280 g/mol. The van der Waals surface area contributed by atoms with Crippen molar-refractivity contribution >= 4 is 15.9 Å². The molecule has 0 aliphatic carbocycles. The third kappa shape index (κ3) is 3.94. The number of hydrogen-bond donors (Lipinski definition) is 1. The summed E-state index contributed by atoms with van der Waals surface area (Å²) in [7, 11) is -1.94. The van der Waals surface area contributed by atoms with Gasteiger partial charge < -0.3 is 10.1 Å². The molecule has 0 bridgehead atoms. The summed E-state index contributed by atoms with van der Waals surface area (Å²) in [6.07, 6.45) is 0. The molecule has 1 amide bonds. The van der Waals surface area contributed by atoms with Crippen molar-refractivity contribution in [3.63, 3.8) is 0 Å². The number of nitrogens with zero attached hydrogens (tertiary/aromatic N) is 1. The number of likely N-dealkylation sites (N-methyl/N-ethyl adjacent to an activating group) is 1. The largest absolute Gasteiger partial charge is 0.484 e. The van der Waals surface area contributed by atoms with Gasteiger partial charge in [-0.2, -0.15) is 4.31 Å². The van der Waals surface area contributed by atoms with Crippen molar-refractivity contribution in [1.82, 2.24) is 9.62 Å². The normalized spacial score (nSPS) is 11.4. The van der Waals surface area contributed by atoms with Gasteiger partial charge in [0.25, 0.3) is 5.91 Å². The Kier molecular flexibility index (Phi) is 5.97. The minimum atomic E-state index is -3.46. The van der Waals surface area contributed by atoms with Crippen LogP contribution in [0.3, 0.4) is 0 Å². The maximum atomic E-state index is 12.2. The fourth-order valence-corrected chi connectivity index (χ4v) is 3.10. The molecule has 0 aromatic heterocycles. The van der Waals surface area contributed by atoms with E-state index in [4.69, 9.17) is 4.74 Å². The molecule has 1 aromatic carbocycles. The Balaban J connectivity index is 2.83. The molecule has 0 aliphatic heterocycles. The molecule has 0 saturated carbocycles. The number of nitrogens with one attached hydrogen (secondary N) is 1. The van der Waals surface area contributed by atoms with Crippen LogP contribution in [0.4, 0.5) is 0 Å². The second-order valence-electron chi connectivity index (χ2n) is 4.02. The highest BCUT2D eigenvalue weighted by atomic mass is 32.2. The Morgan fingerprint density at radius 2 is 1.75 bits per heavy atom. The number of amides is 1. The third-order valence-corrected chi connectivity index (χ3v) is 4.88. The number of carbonyl (C=O) groups excluding carboxylic acids is 1. The topological polar surface area (TPSA) is 75.7 Å². The monoisotopic (exact) mass is 300 g/mol. The Hall–Kier alpha value is -1.60. The third-order valence-electron chi connectivity index (χ3n) is 2.82. The van der Waals surface area contributed by atoms with Crippen molar-refractivity contribution in [3.05, 3.63) is 24.3 Å². The number of carbonyl (C=O) groups is 1. The second kappa shape index (κ2) is 7.25. The van der Waals surface area contributed by atoms with Crippen molar-refractivity contribution in [2.45, 2.75) is 18.7 Å². The van der Waals surface area contributed by atoms with Gasteiger partial charge in [-0.25, -0.2) is 8.42 Å². The van der Waals surface area contributed by atoms with E-state index in [2.05, 4.69) is 5.32 Å². The number of benzene rings is 1. The van der Waals surface area contributed by atoms with Crippen LogP contribution < -0.4 is 10.1 Å². The number of ether oxygens (including phenoxy) is 1. The number of hydrogen-bond acceptors (Lipinski definition) is 4. The first-order valence-electron chi connectivity index (χ1n) is 6.39. The predicted molar refractivity (Wildman–Crippen MR) is 76.1 cm³/mol. The van der Waals surface area contributed by atoms with E-state index >= 15 is 0 Å². The fraction of sp³-hybridized carbons (Fsp3) is 0.462. The summed E-state index contributed by atoms with van der Waals surface area (Å²) in [6, 6.07) is 6.04. The molecule has 0 spiro atoms. The van der Waals surface area contributed by atoms with Crippen molar-refractivity contribution in [1.29, 1.82) is 0 Å². The quantitative estimate of drug-likeness (QED) is 0.809. The van der Waals surface area contributed by atoms with Crippen LogP contribution in [0.5, 0.6) is 5.75 Å². The molecule has 7 heteroatoms. The van der Waals surface area contributed by atoms with Crippen LogP contribution >= 0.6 is 0 Å². The van der Waals surface area contributed by atoms with Gasteiger partial charge in [-0.05, 0) is 24.3 Å². The SMILES string of the molecule is CCN(CC)S(=O)(=O)c1ccc(OCC(=O)NC)cc1. The lowest BCUT2D eigenvalue weighted by Gasteiger charge is -2.18. The highest BCUT2D eigenvalue weighted by molar-refractivity contribution is 7.89. The molecule has 6 nitrogen and oxygen atoms in total. The number of sulfonamides is 1. The summed E-state index contributed by atoms with van der Waals surface area (Å²) in [5, 5.41) is 2.43. The maximum Gasteiger partial charge on any atom is 0.257 e. The molecule has 0 unspecified atom stereocenters. The predicted octanol–water partition coefficient (Wildman–Crippen LogP) is 0.842. The lowest BCUT2D eigenvalue weighted by molar-refractivity contribution is -0.122. The van der Waals surface area contributed by atoms with Crippen LogP contribution in [0, 0.1) is 0 Å². The fourth-order valence-electron chi connectivity index (χ4n) is 1.64. The molecule has 0 radical (unpaired) electrons. The highest BCUT2D eigenvalue weighted by Crippen LogP contribution is 2.19. The molecule has 1 aromatic rings. The van der Waals surface area contributed by atoms with Crippen LogP contribution in [0.15, 0.2) is 29.2 Å². The Bertz CT molecular complexity index is 536. The molecule has 0 aliphatic rings. The van der Waals surface area contributed by atoms with Gasteiger partial charge in [0, 0.05) is 20.1 Å². The molecule has 1 N–H and O–H groups in total. The van der Waals surface area contributed by atoms with E-state index in [0.717, 1.165) is 0 Å². The molecule has 0 atom stereocenters. The molecule has 20 heavy (non-hydrogen) atoms. The first-order chi connectivity index (χ1) is 9.45. The summed E-state index contributed by atoms with van der Waals surface area (Å²) >= 11 is 0. The van der Waals surface area contributed by atoms with Gasteiger partial charge in [0.15, 0.2) is 6.61 Å². The lowest BCUT2D eigenvalue weighted by Crippen LogP contribution is -2.30. The highest BCUT2D eigenvalue weighted by Gasteiger charge is 2.21. The second-order valence-corrected chi connectivity index (χ2v) is 5.96. The van der Waals surface area contributed by atoms with Gasteiger partial charge >= 0.3 is 0 Å². The Labute approximate surface area is 119 Å². The molecule has 0 saturated heterocycles. The molecule has 0 heterocycles. The van der Waals surface area contributed by atoms with Gasteiger partial charge in [0.05, 0.1) is 4.90 Å². The summed E-state index contributed by atoms with van der Waals surface area (Å²) < 4.78 is 31.1. The molecule has 1 rings (SSSR count). The van der Waals surface area contributed by atoms with E-state index in [0.29, 0.717) is 18.8 Å². The van der Waals surface area contributed by atoms with Gasteiger partial charge in [0.2, 0.25) is 10.0 Å². The first-order valence-corrected chi connectivity index (χ1v) is 7.83. The Morgan fingerprint density at radius 1 is 1.20 bits per heavy atom. The Morgan fingerprint density at radius 3 is 2.20 bits per heavy atom. The van der Waals surface area contributed by atoms with E-state index < -0.39 is 10.0 Å². The van der Waals surface area contributed by atoms with Crippen molar-refractivity contribution in [3.8, 4) is 5.75 Å². The summed E-state index contributed by atoms with van der Waals surface area (Å²) in [4.78, 5) is 11.3. The van der Waals surface area contributed by atoms with Crippen LogP contribution in [0.2, 0.25) is 0 Å². The van der Waals surface area contributed by atoms with Gasteiger partial charge in [-0.15, -0.1) is 0 Å². The van der Waals surface area contributed by atoms with Gasteiger partial charge in [0.1, 0.15) is 5.75 Å². The number of rotatable bonds is 7. The van der Waals surface area contributed by atoms with Gasteiger partial charge in [-0.3, -0.25) is 4.79 Å². The summed E-state index contributed by atoms with van der Waals surface area (Å²) in [6.45, 7) is 4.34. The van der Waals surface area contributed by atoms with Crippen molar-refractivity contribution in [2.24, 2.45) is 0 Å². The van der Waals surface area contributed by atoms with E-state index in [1.165, 1.54) is 23.5 Å². The van der Waals surface area contributed by atoms with Crippen molar-refractivity contribution < 1.29 is 17.9 Å². The first kappa shape index (κ1) is 16.5. The van der Waals surface area contributed by atoms with Crippen molar-refractivity contribution in [2.75, 3.05) is 26.7 Å². The van der Waals surface area contributed by atoms with Crippen LogP contribution in [-0.2, 0) is 14.8 Å². The minimum absolute atomic E-state index is 0.0986. The zero-order valence-electron chi connectivity index (χ0n) is 11.9. The van der Waals surface area contributed by atoms with Crippen LogP contribution in [0.1, 0.15) is 13.8 Å². The molecule has 0 fully saturated rings. The smallest absolute Gasteiger partial charge is 0.257 e. The summed E-state index contributed by atoms with van der Waals surface area (Å²) in [5.41, 5.74) is 0. The zero-order chi connectivity index (χ0) is 15.2. The maximum absolute atomic E-state index is 12.2.